The molecule has 134 valence electrons. The second kappa shape index (κ2) is 7.76. The number of carbonyl (C=O) groups excluding carboxylic acids is 1. The number of hydrogen-bond acceptors (Lipinski definition) is 4. The molecule has 0 saturated carbocycles. The number of nitrogens with one attached hydrogen (secondary N) is 1. The van der Waals surface area contributed by atoms with Gasteiger partial charge in [-0.1, -0.05) is 40.5 Å². The quantitative estimate of drug-likeness (QED) is 0.640. The Bertz CT molecular complexity index is 959. The maximum Gasteiger partial charge on any atom is 0.278 e. The van der Waals surface area contributed by atoms with Gasteiger partial charge in [-0.25, -0.2) is 4.39 Å². The Kier molecular flexibility index (Phi) is 5.44. The van der Waals surface area contributed by atoms with Crippen molar-refractivity contribution in [2.75, 3.05) is 5.32 Å². The van der Waals surface area contributed by atoms with E-state index in [4.69, 9.17) is 32.5 Å². The molecule has 1 N–H and O–H groups in total. The lowest BCUT2D eigenvalue weighted by Gasteiger charge is -2.09. The molecule has 8 heteroatoms. The van der Waals surface area contributed by atoms with Crippen molar-refractivity contribution in [2.45, 2.75) is 13.5 Å². The van der Waals surface area contributed by atoms with Gasteiger partial charge in [0.1, 0.15) is 12.4 Å². The van der Waals surface area contributed by atoms with E-state index in [1.807, 2.05) is 0 Å². The first kappa shape index (κ1) is 18.2. The summed E-state index contributed by atoms with van der Waals surface area (Å²) in [6.07, 6.45) is 0. The summed E-state index contributed by atoms with van der Waals surface area (Å²) >= 11 is 11.9. The number of benzene rings is 2. The monoisotopic (exact) mass is 394 g/mol. The Balaban J connectivity index is 1.78. The van der Waals surface area contributed by atoms with Gasteiger partial charge in [0, 0.05) is 5.02 Å². The van der Waals surface area contributed by atoms with E-state index in [2.05, 4.69) is 10.5 Å². The fourth-order valence-corrected chi connectivity index (χ4v) is 2.68. The number of amides is 1. The van der Waals surface area contributed by atoms with E-state index in [9.17, 15) is 9.18 Å². The summed E-state index contributed by atoms with van der Waals surface area (Å²) < 4.78 is 24.2. The molecule has 0 bridgehead atoms. The molecule has 0 aliphatic rings. The average molecular weight is 395 g/mol. The summed E-state index contributed by atoms with van der Waals surface area (Å²) in [6, 6.07) is 10.7. The van der Waals surface area contributed by atoms with Gasteiger partial charge in [0.05, 0.1) is 16.3 Å². The number of para-hydroxylation sites is 1. The molecule has 1 heterocycles. The van der Waals surface area contributed by atoms with Crippen LogP contribution in [-0.4, -0.2) is 11.1 Å². The molecule has 2 aromatic carbocycles. The molecule has 3 aromatic rings. The SMILES string of the molecule is Cc1onc(C(=O)Nc2ccc(Cl)cc2Cl)c1COc1ccccc1F. The number of nitrogens with zero attached hydrogens (tertiary/aromatic N) is 1. The van der Waals surface area contributed by atoms with Crippen LogP contribution in [0.2, 0.25) is 10.0 Å². The number of aryl methyl sites for hydroxylation is 1. The van der Waals surface area contributed by atoms with Crippen molar-refractivity contribution < 1.29 is 18.4 Å². The molecule has 0 aliphatic heterocycles. The van der Waals surface area contributed by atoms with Crippen molar-refractivity contribution in [1.29, 1.82) is 0 Å². The summed E-state index contributed by atoms with van der Waals surface area (Å²) in [5, 5.41) is 7.13. The van der Waals surface area contributed by atoms with Crippen LogP contribution in [0, 0.1) is 12.7 Å². The fraction of sp³-hybridized carbons (Fsp3) is 0.111. The standard InChI is InChI=1S/C18H13Cl2FN2O3/c1-10-12(9-25-16-5-3-2-4-14(16)21)17(23-26-10)18(24)22-15-7-6-11(19)8-13(15)20/h2-8H,9H2,1H3,(H,22,24). The van der Waals surface area contributed by atoms with Crippen LogP contribution in [0.15, 0.2) is 47.0 Å². The molecule has 0 saturated heterocycles. The van der Waals surface area contributed by atoms with E-state index < -0.39 is 11.7 Å². The minimum atomic E-state index is -0.529. The topological polar surface area (TPSA) is 64.4 Å². The van der Waals surface area contributed by atoms with Crippen molar-refractivity contribution in [3.8, 4) is 5.75 Å². The van der Waals surface area contributed by atoms with E-state index in [1.54, 1.807) is 31.2 Å². The van der Waals surface area contributed by atoms with Crippen LogP contribution < -0.4 is 10.1 Å². The van der Waals surface area contributed by atoms with E-state index >= 15 is 0 Å². The number of anilines is 1. The van der Waals surface area contributed by atoms with Crippen LogP contribution in [0.4, 0.5) is 10.1 Å². The molecule has 3 rings (SSSR count). The smallest absolute Gasteiger partial charge is 0.278 e. The second-order valence-electron chi connectivity index (χ2n) is 5.36. The highest BCUT2D eigenvalue weighted by molar-refractivity contribution is 6.36. The molecule has 26 heavy (non-hydrogen) atoms. The van der Waals surface area contributed by atoms with Crippen molar-refractivity contribution in [1.82, 2.24) is 5.16 Å². The maximum absolute atomic E-state index is 13.7. The lowest BCUT2D eigenvalue weighted by Crippen LogP contribution is -2.15. The van der Waals surface area contributed by atoms with Crippen LogP contribution in [0.25, 0.3) is 0 Å². The maximum atomic E-state index is 13.7. The zero-order valence-corrected chi connectivity index (χ0v) is 15.1. The second-order valence-corrected chi connectivity index (χ2v) is 6.21. The van der Waals surface area contributed by atoms with Crippen LogP contribution in [0.3, 0.4) is 0 Å². The van der Waals surface area contributed by atoms with E-state index in [-0.39, 0.29) is 23.1 Å². The van der Waals surface area contributed by atoms with Crippen LogP contribution in [0.1, 0.15) is 21.8 Å². The lowest BCUT2D eigenvalue weighted by atomic mass is 10.2. The molecule has 0 spiro atoms. The summed E-state index contributed by atoms with van der Waals surface area (Å²) in [5.41, 5.74) is 0.823. The predicted octanol–water partition coefficient (Wildman–Crippen LogP) is 5.26. The first-order chi connectivity index (χ1) is 12.5. The molecule has 0 unspecified atom stereocenters. The molecule has 0 aliphatic carbocycles. The Morgan fingerprint density at radius 3 is 2.77 bits per heavy atom. The summed E-state index contributed by atoms with van der Waals surface area (Å²) in [5.74, 6) is -0.562. The number of ether oxygens (including phenoxy) is 1. The first-order valence-electron chi connectivity index (χ1n) is 7.54. The third kappa shape index (κ3) is 3.98. The number of carbonyl (C=O) groups is 1. The summed E-state index contributed by atoms with van der Waals surface area (Å²) in [7, 11) is 0. The van der Waals surface area contributed by atoms with E-state index in [0.717, 1.165) is 0 Å². The van der Waals surface area contributed by atoms with Gasteiger partial charge in [-0.2, -0.15) is 0 Å². The van der Waals surface area contributed by atoms with Gasteiger partial charge in [-0.05, 0) is 37.3 Å². The van der Waals surface area contributed by atoms with Gasteiger partial charge in [0.15, 0.2) is 17.3 Å². The van der Waals surface area contributed by atoms with Gasteiger partial charge in [0.25, 0.3) is 5.91 Å². The van der Waals surface area contributed by atoms with Crippen molar-refractivity contribution >= 4 is 34.8 Å². The lowest BCUT2D eigenvalue weighted by molar-refractivity contribution is 0.101. The molecule has 5 nitrogen and oxygen atoms in total. The van der Waals surface area contributed by atoms with Crippen molar-refractivity contribution in [3.63, 3.8) is 0 Å². The largest absolute Gasteiger partial charge is 0.486 e. The molecule has 1 aromatic heterocycles. The molecular weight excluding hydrogens is 382 g/mol. The van der Waals surface area contributed by atoms with E-state index in [1.165, 1.54) is 18.2 Å². The summed E-state index contributed by atoms with van der Waals surface area (Å²) in [4.78, 5) is 12.5. The zero-order chi connectivity index (χ0) is 18.7. The van der Waals surface area contributed by atoms with Crippen molar-refractivity contribution in [3.05, 3.63) is 75.3 Å². The zero-order valence-electron chi connectivity index (χ0n) is 13.6. The first-order valence-corrected chi connectivity index (χ1v) is 8.30. The molecule has 0 atom stereocenters. The van der Waals surface area contributed by atoms with Gasteiger partial charge >= 0.3 is 0 Å². The third-order valence-electron chi connectivity index (χ3n) is 3.59. The van der Waals surface area contributed by atoms with Crippen LogP contribution in [0.5, 0.6) is 5.75 Å². The Morgan fingerprint density at radius 2 is 2.04 bits per heavy atom. The van der Waals surface area contributed by atoms with Gasteiger partial charge in [-0.3, -0.25) is 4.79 Å². The highest BCUT2D eigenvalue weighted by Crippen LogP contribution is 2.27. The molecule has 0 radical (unpaired) electrons. The minimum absolute atomic E-state index is 0.0323. The molecule has 0 fully saturated rings. The molecule has 1 amide bonds. The third-order valence-corrected chi connectivity index (χ3v) is 4.14. The predicted molar refractivity (Wildman–Crippen MR) is 96.4 cm³/mol. The molecular formula is C18H13Cl2FN2O3. The number of aromatic nitrogens is 1. The van der Waals surface area contributed by atoms with Crippen molar-refractivity contribution in [2.24, 2.45) is 0 Å². The van der Waals surface area contributed by atoms with Crippen LogP contribution >= 0.6 is 23.2 Å². The highest BCUT2D eigenvalue weighted by Gasteiger charge is 2.21. The van der Waals surface area contributed by atoms with E-state index in [0.29, 0.717) is 22.0 Å². The minimum Gasteiger partial charge on any atom is -0.486 e. The van der Waals surface area contributed by atoms with Gasteiger partial charge in [-0.15, -0.1) is 0 Å². The number of hydrogen-bond donors (Lipinski definition) is 1. The summed E-state index contributed by atoms with van der Waals surface area (Å²) in [6.45, 7) is 1.56. The average Bonchev–Trinajstić information content (AvgIpc) is 2.97. The number of halogens is 3. The Morgan fingerprint density at radius 1 is 1.27 bits per heavy atom. The highest BCUT2D eigenvalue weighted by atomic mass is 35.5. The Labute approximate surface area is 158 Å². The Hall–Kier alpha value is -2.57. The van der Waals surface area contributed by atoms with Gasteiger partial charge in [0.2, 0.25) is 0 Å². The number of rotatable bonds is 5. The van der Waals surface area contributed by atoms with Gasteiger partial charge < -0.3 is 14.6 Å². The fourth-order valence-electron chi connectivity index (χ4n) is 2.22. The van der Waals surface area contributed by atoms with Crippen LogP contribution in [-0.2, 0) is 6.61 Å². The normalized spacial score (nSPS) is 10.6.